The van der Waals surface area contributed by atoms with Crippen molar-refractivity contribution in [1.82, 2.24) is 0 Å². The largest absolute Gasteiger partial charge is 0.411 e. The van der Waals surface area contributed by atoms with Gasteiger partial charge in [0.05, 0.1) is 12.4 Å². The van der Waals surface area contributed by atoms with Crippen LogP contribution in [0.15, 0.2) is 83.6 Å². The molecule has 0 atom stereocenters. The predicted octanol–water partition coefficient (Wildman–Crippen LogP) is 1.97. The zero-order valence-electron chi connectivity index (χ0n) is 14.2. The third kappa shape index (κ3) is 4.73. The van der Waals surface area contributed by atoms with Gasteiger partial charge in [-0.05, 0) is 0 Å². The number of rotatable bonds is 6. The molecule has 3 rings (SSSR count). The lowest BCUT2D eigenvalue weighted by Crippen LogP contribution is -2.34. The summed E-state index contributed by atoms with van der Waals surface area (Å²) in [6.07, 6.45) is 10.6. The standard InChI is InChI=1S/C20H18N4O2/c25-21-13-17-5-9-23(10-6-17)15-19-1-2-20(4-3-19)16-24-11-7-18(8-12-24)14-22-26/h1-14H,15-16H2/p+2. The van der Waals surface area contributed by atoms with Gasteiger partial charge in [0.2, 0.25) is 0 Å². The monoisotopic (exact) mass is 348 g/mol. The topological polar surface area (TPSA) is 72.9 Å². The van der Waals surface area contributed by atoms with Gasteiger partial charge < -0.3 is 10.4 Å². The van der Waals surface area contributed by atoms with Gasteiger partial charge in [-0.3, -0.25) is 0 Å². The predicted molar refractivity (Wildman–Crippen MR) is 96.7 cm³/mol. The van der Waals surface area contributed by atoms with Gasteiger partial charge in [0.25, 0.3) is 0 Å². The third-order valence-electron chi connectivity index (χ3n) is 4.00. The molecule has 0 radical (unpaired) electrons. The highest BCUT2D eigenvalue weighted by Gasteiger charge is 2.06. The molecule has 0 unspecified atom stereocenters. The molecule has 26 heavy (non-hydrogen) atoms. The Balaban J connectivity index is 1.62. The van der Waals surface area contributed by atoms with Gasteiger partial charge in [0.1, 0.15) is 0 Å². The van der Waals surface area contributed by atoms with E-state index in [1.54, 1.807) is 0 Å². The summed E-state index contributed by atoms with van der Waals surface area (Å²) < 4.78 is 4.14. The minimum atomic E-state index is 0.777. The lowest BCUT2D eigenvalue weighted by molar-refractivity contribution is -0.689. The van der Waals surface area contributed by atoms with Crippen molar-refractivity contribution in [2.24, 2.45) is 10.3 Å². The Kier molecular flexibility index (Phi) is 5.67. The Morgan fingerprint density at radius 1 is 0.615 bits per heavy atom. The molecule has 0 bridgehead atoms. The van der Waals surface area contributed by atoms with E-state index in [9.17, 15) is 0 Å². The van der Waals surface area contributed by atoms with Crippen LogP contribution < -0.4 is 9.13 Å². The molecule has 0 aliphatic rings. The van der Waals surface area contributed by atoms with Crippen molar-refractivity contribution in [1.29, 1.82) is 0 Å². The minimum absolute atomic E-state index is 0.777. The summed E-state index contributed by atoms with van der Waals surface area (Å²) >= 11 is 0. The molecule has 2 N–H and O–H groups in total. The first-order chi connectivity index (χ1) is 12.8. The van der Waals surface area contributed by atoms with Crippen LogP contribution >= 0.6 is 0 Å². The molecule has 6 heteroatoms. The second-order valence-electron chi connectivity index (χ2n) is 5.91. The zero-order chi connectivity index (χ0) is 18.2. The van der Waals surface area contributed by atoms with E-state index in [1.165, 1.54) is 23.6 Å². The summed E-state index contributed by atoms with van der Waals surface area (Å²) in [5.74, 6) is 0. The average molecular weight is 348 g/mol. The molecule has 2 heterocycles. The number of benzene rings is 1. The van der Waals surface area contributed by atoms with Crippen LogP contribution in [0.5, 0.6) is 0 Å². The van der Waals surface area contributed by atoms with Crippen LogP contribution in [0.4, 0.5) is 0 Å². The summed E-state index contributed by atoms with van der Waals surface area (Å²) in [6, 6.07) is 16.1. The van der Waals surface area contributed by atoms with Gasteiger partial charge >= 0.3 is 0 Å². The van der Waals surface area contributed by atoms with Crippen LogP contribution in [0.1, 0.15) is 22.3 Å². The van der Waals surface area contributed by atoms with E-state index in [4.69, 9.17) is 10.4 Å². The molecule has 0 saturated carbocycles. The van der Waals surface area contributed by atoms with Gasteiger partial charge in [-0.25, -0.2) is 9.13 Å². The molecule has 1 aromatic carbocycles. The summed E-state index contributed by atoms with van der Waals surface area (Å²) in [5, 5.41) is 23.1. The SMILES string of the molecule is O/N=C\c1cc[n+](Cc2ccc(C[n+]3ccc(/C=N\O)cc3)cc2)cc1. The van der Waals surface area contributed by atoms with Crippen LogP contribution in [0.2, 0.25) is 0 Å². The Morgan fingerprint density at radius 2 is 0.962 bits per heavy atom. The maximum atomic E-state index is 8.54. The Hall–Kier alpha value is -3.54. The number of aromatic nitrogens is 2. The second kappa shape index (κ2) is 8.53. The van der Waals surface area contributed by atoms with E-state index in [-0.39, 0.29) is 0 Å². The number of nitrogens with zero attached hydrogens (tertiary/aromatic N) is 4. The maximum Gasteiger partial charge on any atom is 0.173 e. The van der Waals surface area contributed by atoms with E-state index in [0.29, 0.717) is 0 Å². The molecule has 0 fully saturated rings. The summed E-state index contributed by atoms with van der Waals surface area (Å²) in [7, 11) is 0. The molecule has 0 aliphatic carbocycles. The lowest BCUT2D eigenvalue weighted by Gasteiger charge is -2.01. The lowest BCUT2D eigenvalue weighted by atomic mass is 10.1. The molecule has 0 saturated heterocycles. The summed E-state index contributed by atoms with van der Waals surface area (Å²) in [5.41, 5.74) is 4.13. The van der Waals surface area contributed by atoms with Crippen LogP contribution in [-0.2, 0) is 13.1 Å². The minimum Gasteiger partial charge on any atom is -0.411 e. The Labute approximate surface area is 151 Å². The molecular weight excluding hydrogens is 328 g/mol. The molecule has 0 amide bonds. The van der Waals surface area contributed by atoms with Gasteiger partial charge in [-0.15, -0.1) is 0 Å². The van der Waals surface area contributed by atoms with Crippen molar-refractivity contribution < 1.29 is 19.5 Å². The second-order valence-corrected chi connectivity index (χ2v) is 5.91. The van der Waals surface area contributed by atoms with Crippen molar-refractivity contribution in [2.45, 2.75) is 13.1 Å². The van der Waals surface area contributed by atoms with Crippen molar-refractivity contribution >= 4 is 12.4 Å². The van der Waals surface area contributed by atoms with Gasteiger partial charge in [-0.1, -0.05) is 34.6 Å². The maximum absolute atomic E-state index is 8.54. The highest BCUT2D eigenvalue weighted by atomic mass is 16.4. The molecule has 0 aliphatic heterocycles. The van der Waals surface area contributed by atoms with Gasteiger partial charge in [0, 0.05) is 46.5 Å². The van der Waals surface area contributed by atoms with Gasteiger partial charge in [-0.2, -0.15) is 0 Å². The normalized spacial score (nSPS) is 11.4. The van der Waals surface area contributed by atoms with Crippen molar-refractivity contribution in [3.63, 3.8) is 0 Å². The fourth-order valence-corrected chi connectivity index (χ4v) is 2.63. The van der Waals surface area contributed by atoms with E-state index in [2.05, 4.69) is 43.7 Å². The summed E-state index contributed by atoms with van der Waals surface area (Å²) in [4.78, 5) is 0. The highest BCUT2D eigenvalue weighted by Crippen LogP contribution is 2.04. The summed E-state index contributed by atoms with van der Waals surface area (Å²) in [6.45, 7) is 1.55. The van der Waals surface area contributed by atoms with Crippen molar-refractivity contribution in [3.05, 3.63) is 95.6 Å². The highest BCUT2D eigenvalue weighted by molar-refractivity contribution is 5.78. The fraction of sp³-hybridized carbons (Fsp3) is 0.100. The van der Waals surface area contributed by atoms with E-state index in [1.807, 2.05) is 49.1 Å². The van der Waals surface area contributed by atoms with Crippen LogP contribution in [0.3, 0.4) is 0 Å². The van der Waals surface area contributed by atoms with Crippen LogP contribution in [0.25, 0.3) is 0 Å². The average Bonchev–Trinajstić information content (AvgIpc) is 2.67. The molecular formula is C20H20N4O2+2. The number of oxime groups is 2. The Morgan fingerprint density at radius 3 is 1.27 bits per heavy atom. The van der Waals surface area contributed by atoms with E-state index in [0.717, 1.165) is 24.2 Å². The van der Waals surface area contributed by atoms with Crippen LogP contribution in [0, 0.1) is 0 Å². The Bertz CT molecular complexity index is 810. The zero-order valence-corrected chi connectivity index (χ0v) is 14.2. The van der Waals surface area contributed by atoms with Crippen molar-refractivity contribution in [2.75, 3.05) is 0 Å². The van der Waals surface area contributed by atoms with E-state index >= 15 is 0 Å². The quantitative estimate of drug-likeness (QED) is 0.309. The first-order valence-electron chi connectivity index (χ1n) is 8.18. The van der Waals surface area contributed by atoms with Crippen LogP contribution in [-0.4, -0.2) is 22.8 Å². The molecule has 0 spiro atoms. The number of hydrogen-bond acceptors (Lipinski definition) is 4. The number of hydrogen-bond donors (Lipinski definition) is 2. The van der Waals surface area contributed by atoms with E-state index < -0.39 is 0 Å². The van der Waals surface area contributed by atoms with Crippen molar-refractivity contribution in [3.8, 4) is 0 Å². The first-order valence-corrected chi connectivity index (χ1v) is 8.18. The van der Waals surface area contributed by atoms with Gasteiger partial charge in [0.15, 0.2) is 37.9 Å². The third-order valence-corrected chi connectivity index (χ3v) is 4.00. The number of pyridine rings is 2. The fourth-order valence-electron chi connectivity index (χ4n) is 2.63. The first kappa shape index (κ1) is 17.3. The molecule has 6 nitrogen and oxygen atoms in total. The smallest absolute Gasteiger partial charge is 0.173 e. The molecule has 2 aromatic heterocycles. The molecule has 130 valence electrons. The molecule has 3 aromatic rings.